The van der Waals surface area contributed by atoms with Crippen LogP contribution in [-0.2, 0) is 13.0 Å². The van der Waals surface area contributed by atoms with Gasteiger partial charge in [0, 0.05) is 43.8 Å². The largest absolute Gasteiger partial charge is 0.477 e. The van der Waals surface area contributed by atoms with Gasteiger partial charge in [-0.05, 0) is 25.5 Å². The van der Waals surface area contributed by atoms with Gasteiger partial charge in [0.25, 0.3) is 0 Å². The van der Waals surface area contributed by atoms with Gasteiger partial charge in [-0.3, -0.25) is 4.79 Å². The number of pyridine rings is 1. The molecular formula is C18H22FN3O3. The van der Waals surface area contributed by atoms with Crippen molar-refractivity contribution in [2.45, 2.75) is 26.8 Å². The number of hydrogen-bond acceptors (Lipinski definition) is 4. The Labute approximate surface area is 144 Å². The molecule has 1 aromatic carbocycles. The number of carbonyl (C=O) groups is 1. The number of rotatable bonds is 4. The van der Waals surface area contributed by atoms with Gasteiger partial charge in [-0.15, -0.1) is 0 Å². The fourth-order valence-electron chi connectivity index (χ4n) is 3.60. The second-order valence-corrected chi connectivity index (χ2v) is 6.11. The monoisotopic (exact) mass is 347 g/mol. The quantitative estimate of drug-likeness (QED) is 0.883. The second kappa shape index (κ2) is 6.84. The van der Waals surface area contributed by atoms with Crippen LogP contribution in [0.3, 0.4) is 0 Å². The first kappa shape index (κ1) is 17.4. The van der Waals surface area contributed by atoms with Crippen LogP contribution in [0.4, 0.5) is 10.1 Å². The Morgan fingerprint density at radius 1 is 1.28 bits per heavy atom. The zero-order valence-electron chi connectivity index (χ0n) is 14.4. The summed E-state index contributed by atoms with van der Waals surface area (Å²) in [4.78, 5) is 26.2. The van der Waals surface area contributed by atoms with Crippen molar-refractivity contribution in [1.29, 1.82) is 0 Å². The van der Waals surface area contributed by atoms with Gasteiger partial charge in [0.1, 0.15) is 11.4 Å². The maximum atomic E-state index is 14.7. The number of aromatic nitrogens is 1. The predicted molar refractivity (Wildman–Crippen MR) is 95.3 cm³/mol. The number of carboxylic acid groups (broad SMARTS) is 1. The van der Waals surface area contributed by atoms with Gasteiger partial charge in [0.05, 0.1) is 11.2 Å². The third-order valence-corrected chi connectivity index (χ3v) is 4.76. The molecule has 1 saturated heterocycles. The summed E-state index contributed by atoms with van der Waals surface area (Å²) in [5, 5.41) is 12.8. The minimum Gasteiger partial charge on any atom is -0.477 e. The highest BCUT2D eigenvalue weighted by molar-refractivity contribution is 5.95. The Hall–Kier alpha value is -2.41. The first-order chi connectivity index (χ1) is 12.0. The highest BCUT2D eigenvalue weighted by Crippen LogP contribution is 2.27. The first-order valence-electron chi connectivity index (χ1n) is 8.57. The van der Waals surface area contributed by atoms with Crippen LogP contribution >= 0.6 is 0 Å². The number of aryl methyl sites for hydroxylation is 1. The summed E-state index contributed by atoms with van der Waals surface area (Å²) < 4.78 is 16.5. The molecule has 0 bridgehead atoms. The highest BCUT2D eigenvalue weighted by Gasteiger charge is 2.23. The van der Waals surface area contributed by atoms with Crippen molar-refractivity contribution in [1.82, 2.24) is 9.88 Å². The van der Waals surface area contributed by atoms with E-state index < -0.39 is 17.2 Å². The van der Waals surface area contributed by atoms with E-state index in [1.165, 1.54) is 6.07 Å². The number of nitrogens with one attached hydrogen (secondary N) is 1. The molecule has 0 amide bonds. The Kier molecular flexibility index (Phi) is 4.76. The molecule has 0 atom stereocenters. The summed E-state index contributed by atoms with van der Waals surface area (Å²) in [6.45, 7) is 7.14. The van der Waals surface area contributed by atoms with Gasteiger partial charge in [-0.25, -0.2) is 9.18 Å². The molecular weight excluding hydrogens is 325 g/mol. The van der Waals surface area contributed by atoms with E-state index in [9.17, 15) is 19.1 Å². The highest BCUT2D eigenvalue weighted by atomic mass is 19.1. The van der Waals surface area contributed by atoms with Crippen LogP contribution in [0.1, 0.15) is 29.9 Å². The molecule has 1 fully saturated rings. The lowest BCUT2D eigenvalue weighted by atomic mass is 10.0. The van der Waals surface area contributed by atoms with Gasteiger partial charge < -0.3 is 19.9 Å². The van der Waals surface area contributed by atoms with E-state index in [2.05, 4.69) is 5.32 Å². The maximum Gasteiger partial charge on any atom is 0.341 e. The summed E-state index contributed by atoms with van der Waals surface area (Å²) in [6, 6.07) is 2.87. The van der Waals surface area contributed by atoms with Gasteiger partial charge in [-0.2, -0.15) is 0 Å². The van der Waals surface area contributed by atoms with E-state index in [0.29, 0.717) is 43.0 Å². The lowest BCUT2D eigenvalue weighted by Crippen LogP contribution is -2.44. The van der Waals surface area contributed by atoms with Gasteiger partial charge >= 0.3 is 5.97 Å². The number of benzene rings is 1. The minimum absolute atomic E-state index is 0.118. The Bertz CT molecular complexity index is 885. The van der Waals surface area contributed by atoms with Crippen molar-refractivity contribution < 1.29 is 14.3 Å². The third-order valence-electron chi connectivity index (χ3n) is 4.76. The van der Waals surface area contributed by atoms with Crippen LogP contribution in [-0.4, -0.2) is 41.8 Å². The molecule has 6 nitrogen and oxygen atoms in total. The number of piperazine rings is 1. The second-order valence-electron chi connectivity index (χ2n) is 6.11. The summed E-state index contributed by atoms with van der Waals surface area (Å²) in [5.74, 6) is -1.76. The molecule has 134 valence electrons. The first-order valence-corrected chi connectivity index (χ1v) is 8.57. The van der Waals surface area contributed by atoms with Crippen molar-refractivity contribution >= 4 is 22.6 Å². The average Bonchev–Trinajstić information content (AvgIpc) is 2.61. The standard InChI is InChI=1S/C18H22FN3O3/c1-3-13-16(18(24)25)17(23)11-9-12(19)15(10-14(11)22(13)4-2)21-7-5-20-6-8-21/h9-10,20H,3-8H2,1-2H3,(H,24,25). The minimum atomic E-state index is -1.27. The van der Waals surface area contributed by atoms with E-state index in [1.807, 2.05) is 23.3 Å². The normalized spacial score (nSPS) is 14.9. The zero-order valence-corrected chi connectivity index (χ0v) is 14.4. The van der Waals surface area contributed by atoms with Crippen LogP contribution in [0.25, 0.3) is 10.9 Å². The van der Waals surface area contributed by atoms with Crippen molar-refractivity contribution in [2.75, 3.05) is 31.1 Å². The number of anilines is 1. The molecule has 2 aromatic rings. The Morgan fingerprint density at radius 3 is 2.52 bits per heavy atom. The fraction of sp³-hybridized carbons (Fsp3) is 0.444. The summed E-state index contributed by atoms with van der Waals surface area (Å²) in [5.41, 5.74) is 0.649. The van der Waals surface area contributed by atoms with E-state index >= 15 is 0 Å². The topological polar surface area (TPSA) is 74.6 Å². The SMILES string of the molecule is CCc1c(C(=O)O)c(=O)c2cc(F)c(N3CCNCC3)cc2n1CC. The van der Waals surface area contributed by atoms with Crippen molar-refractivity contribution in [3.63, 3.8) is 0 Å². The number of fused-ring (bicyclic) bond motifs is 1. The molecule has 3 rings (SSSR count). The number of carboxylic acids is 1. The molecule has 1 aliphatic heterocycles. The lowest BCUT2D eigenvalue weighted by molar-refractivity contribution is 0.0693. The Morgan fingerprint density at radius 2 is 1.96 bits per heavy atom. The summed E-state index contributed by atoms with van der Waals surface area (Å²) in [7, 11) is 0. The number of aromatic carboxylic acids is 1. The molecule has 0 unspecified atom stereocenters. The van der Waals surface area contributed by atoms with Crippen LogP contribution in [0, 0.1) is 5.82 Å². The molecule has 7 heteroatoms. The predicted octanol–water partition coefficient (Wildman–Crippen LogP) is 1.83. The molecule has 1 aromatic heterocycles. The van der Waals surface area contributed by atoms with E-state index in [1.54, 1.807) is 6.07 Å². The zero-order chi connectivity index (χ0) is 18.1. The molecule has 2 heterocycles. The van der Waals surface area contributed by atoms with Gasteiger partial charge in [0.2, 0.25) is 5.43 Å². The number of halogens is 1. The van der Waals surface area contributed by atoms with Crippen molar-refractivity contribution in [2.24, 2.45) is 0 Å². The average molecular weight is 347 g/mol. The van der Waals surface area contributed by atoms with Crippen molar-refractivity contribution in [3.05, 3.63) is 39.4 Å². The molecule has 1 aliphatic rings. The van der Waals surface area contributed by atoms with E-state index in [0.717, 1.165) is 13.1 Å². The summed E-state index contributed by atoms with van der Waals surface area (Å²) >= 11 is 0. The van der Waals surface area contributed by atoms with Gasteiger partial charge in [-0.1, -0.05) is 6.92 Å². The molecule has 0 spiro atoms. The van der Waals surface area contributed by atoms with Crippen LogP contribution in [0.5, 0.6) is 0 Å². The third kappa shape index (κ3) is 2.89. The smallest absolute Gasteiger partial charge is 0.341 e. The lowest BCUT2D eigenvalue weighted by Gasteiger charge is -2.30. The van der Waals surface area contributed by atoms with Crippen LogP contribution in [0.2, 0.25) is 0 Å². The van der Waals surface area contributed by atoms with Crippen LogP contribution < -0.4 is 15.6 Å². The van der Waals surface area contributed by atoms with E-state index in [4.69, 9.17) is 0 Å². The fourth-order valence-corrected chi connectivity index (χ4v) is 3.60. The Balaban J connectivity index is 2.33. The maximum absolute atomic E-state index is 14.7. The number of nitrogens with zero attached hydrogens (tertiary/aromatic N) is 2. The molecule has 0 aliphatic carbocycles. The van der Waals surface area contributed by atoms with Crippen LogP contribution in [0.15, 0.2) is 16.9 Å². The molecule has 0 radical (unpaired) electrons. The molecule has 0 saturated carbocycles. The van der Waals surface area contributed by atoms with Crippen molar-refractivity contribution in [3.8, 4) is 0 Å². The molecule has 2 N–H and O–H groups in total. The summed E-state index contributed by atoms with van der Waals surface area (Å²) in [6.07, 6.45) is 0.418. The molecule has 25 heavy (non-hydrogen) atoms. The number of hydrogen-bond donors (Lipinski definition) is 2. The van der Waals surface area contributed by atoms with E-state index in [-0.39, 0.29) is 10.9 Å². The van der Waals surface area contributed by atoms with Gasteiger partial charge in [0.15, 0.2) is 0 Å².